The van der Waals surface area contributed by atoms with E-state index < -0.39 is 6.04 Å². The monoisotopic (exact) mass is 477 g/mol. The Morgan fingerprint density at radius 3 is 2.52 bits per heavy atom. The van der Waals surface area contributed by atoms with Gasteiger partial charge in [0.2, 0.25) is 17.7 Å². The molecule has 1 N–H and O–H groups in total. The third kappa shape index (κ3) is 4.45. The summed E-state index contributed by atoms with van der Waals surface area (Å²) in [5.41, 5.74) is 1.91. The molecule has 1 aliphatic heterocycles. The van der Waals surface area contributed by atoms with Gasteiger partial charge in [-0.2, -0.15) is 11.8 Å². The SMILES string of the molecule is CSCC[C@H](C(=O)Nc1nc(-c2cc(C)sc2C)cs1)N1C(=O)[C@@H]2CCCC[C@H]2C1=O. The van der Waals surface area contributed by atoms with Crippen LogP contribution in [-0.4, -0.2) is 45.7 Å². The first-order chi connectivity index (χ1) is 14.9. The van der Waals surface area contributed by atoms with Gasteiger partial charge in [0.15, 0.2) is 5.13 Å². The zero-order valence-electron chi connectivity index (χ0n) is 18.0. The molecule has 166 valence electrons. The Labute approximate surface area is 194 Å². The van der Waals surface area contributed by atoms with Gasteiger partial charge in [0, 0.05) is 20.7 Å². The molecule has 0 bridgehead atoms. The average molecular weight is 478 g/mol. The highest BCUT2D eigenvalue weighted by molar-refractivity contribution is 7.98. The molecular formula is C22H27N3O3S3. The lowest BCUT2D eigenvalue weighted by Crippen LogP contribution is -2.48. The number of aromatic nitrogens is 1. The van der Waals surface area contributed by atoms with Gasteiger partial charge in [0.1, 0.15) is 6.04 Å². The van der Waals surface area contributed by atoms with E-state index in [2.05, 4.69) is 30.2 Å². The molecule has 9 heteroatoms. The van der Waals surface area contributed by atoms with Gasteiger partial charge in [-0.25, -0.2) is 4.98 Å². The number of hydrogen-bond acceptors (Lipinski definition) is 7. The number of nitrogens with zero attached hydrogens (tertiary/aromatic N) is 2. The van der Waals surface area contributed by atoms with Gasteiger partial charge < -0.3 is 5.32 Å². The topological polar surface area (TPSA) is 79.4 Å². The van der Waals surface area contributed by atoms with Crippen LogP contribution in [0.1, 0.15) is 41.9 Å². The number of rotatable bonds is 7. The van der Waals surface area contributed by atoms with Crippen LogP contribution in [0, 0.1) is 25.7 Å². The standard InChI is InChI=1S/C22H27N3O3S3/c1-12-10-16(13(2)31-12)17-11-30-22(23-17)24-19(26)18(8-9-29-3)25-20(27)14-6-4-5-7-15(14)21(25)28/h10-11,14-15,18H,4-9H2,1-3H3,(H,23,24,26)/t14-,15-,18-/m1/s1. The van der Waals surface area contributed by atoms with Crippen LogP contribution in [0.5, 0.6) is 0 Å². The maximum absolute atomic E-state index is 13.2. The van der Waals surface area contributed by atoms with Crippen molar-refractivity contribution in [2.24, 2.45) is 11.8 Å². The number of likely N-dealkylation sites (tertiary alicyclic amines) is 1. The molecule has 2 aliphatic rings. The van der Waals surface area contributed by atoms with Gasteiger partial charge in [-0.1, -0.05) is 12.8 Å². The Hall–Kier alpha value is -1.71. The van der Waals surface area contributed by atoms with E-state index in [1.54, 1.807) is 23.1 Å². The van der Waals surface area contributed by atoms with Crippen LogP contribution in [-0.2, 0) is 14.4 Å². The average Bonchev–Trinajstić information content (AvgIpc) is 3.41. The minimum atomic E-state index is -0.782. The Balaban J connectivity index is 1.53. The van der Waals surface area contributed by atoms with Crippen LogP contribution in [0.25, 0.3) is 11.3 Å². The van der Waals surface area contributed by atoms with Crippen molar-refractivity contribution in [1.82, 2.24) is 9.88 Å². The summed E-state index contributed by atoms with van der Waals surface area (Å²) in [6.07, 6.45) is 5.85. The lowest BCUT2D eigenvalue weighted by Gasteiger charge is -2.25. The first-order valence-corrected chi connectivity index (χ1v) is 13.7. The number of hydrogen-bond donors (Lipinski definition) is 1. The molecule has 0 aromatic carbocycles. The van der Waals surface area contributed by atoms with E-state index >= 15 is 0 Å². The van der Waals surface area contributed by atoms with Crippen molar-refractivity contribution in [3.05, 3.63) is 21.2 Å². The molecule has 0 unspecified atom stereocenters. The number of thiazole rings is 1. The van der Waals surface area contributed by atoms with E-state index in [0.29, 0.717) is 17.3 Å². The van der Waals surface area contributed by atoms with Crippen LogP contribution in [0.2, 0.25) is 0 Å². The Morgan fingerprint density at radius 2 is 1.94 bits per heavy atom. The predicted molar refractivity (Wildman–Crippen MR) is 128 cm³/mol. The minimum Gasteiger partial charge on any atom is -0.300 e. The van der Waals surface area contributed by atoms with Gasteiger partial charge >= 0.3 is 0 Å². The smallest absolute Gasteiger partial charge is 0.249 e. The fourth-order valence-electron chi connectivity index (χ4n) is 4.63. The van der Waals surface area contributed by atoms with E-state index in [1.165, 1.54) is 26.0 Å². The number of carbonyl (C=O) groups is 3. The Bertz CT molecular complexity index is 975. The van der Waals surface area contributed by atoms with Crippen LogP contribution in [0.4, 0.5) is 5.13 Å². The third-order valence-corrected chi connectivity index (χ3v) is 8.50. The fourth-order valence-corrected chi connectivity index (χ4v) is 6.74. The molecule has 3 heterocycles. The molecule has 3 atom stereocenters. The Kier molecular flexibility index (Phi) is 6.83. The van der Waals surface area contributed by atoms with Crippen molar-refractivity contribution in [2.45, 2.75) is 52.0 Å². The molecule has 2 fully saturated rings. The van der Waals surface area contributed by atoms with Crippen LogP contribution in [0.3, 0.4) is 0 Å². The lowest BCUT2D eigenvalue weighted by atomic mass is 9.81. The van der Waals surface area contributed by atoms with Crippen molar-refractivity contribution in [3.8, 4) is 11.3 Å². The normalized spacial score (nSPS) is 22.0. The summed E-state index contributed by atoms with van der Waals surface area (Å²) in [7, 11) is 0. The molecule has 6 nitrogen and oxygen atoms in total. The summed E-state index contributed by atoms with van der Waals surface area (Å²) in [4.78, 5) is 47.6. The summed E-state index contributed by atoms with van der Waals surface area (Å²) in [5.74, 6) is -0.459. The van der Waals surface area contributed by atoms with Crippen molar-refractivity contribution in [2.75, 3.05) is 17.3 Å². The summed E-state index contributed by atoms with van der Waals surface area (Å²) < 4.78 is 0. The molecule has 0 spiro atoms. The number of anilines is 1. The number of aryl methyl sites for hydroxylation is 2. The highest BCUT2D eigenvalue weighted by Gasteiger charge is 2.51. The zero-order chi connectivity index (χ0) is 22.1. The molecule has 0 radical (unpaired) electrons. The lowest BCUT2D eigenvalue weighted by molar-refractivity contribution is -0.146. The summed E-state index contributed by atoms with van der Waals surface area (Å²) in [6, 6.07) is 1.32. The van der Waals surface area contributed by atoms with Crippen molar-refractivity contribution in [3.63, 3.8) is 0 Å². The van der Waals surface area contributed by atoms with Gasteiger partial charge in [-0.3, -0.25) is 19.3 Å². The number of thiophene rings is 1. The quantitative estimate of drug-likeness (QED) is 0.584. The van der Waals surface area contributed by atoms with Gasteiger partial charge in [-0.05, 0) is 51.2 Å². The summed E-state index contributed by atoms with van der Waals surface area (Å²) in [5, 5.41) is 5.31. The maximum Gasteiger partial charge on any atom is 0.249 e. The molecule has 4 rings (SSSR count). The van der Waals surface area contributed by atoms with Gasteiger partial charge in [0.25, 0.3) is 0 Å². The van der Waals surface area contributed by atoms with E-state index in [-0.39, 0.29) is 29.6 Å². The van der Waals surface area contributed by atoms with E-state index in [4.69, 9.17) is 0 Å². The molecule has 1 saturated heterocycles. The number of carbonyl (C=O) groups excluding carboxylic acids is 3. The number of nitrogens with one attached hydrogen (secondary N) is 1. The van der Waals surface area contributed by atoms with Crippen molar-refractivity contribution in [1.29, 1.82) is 0 Å². The second-order valence-corrected chi connectivity index (χ2v) is 11.5. The van der Waals surface area contributed by atoms with Crippen LogP contribution < -0.4 is 5.32 Å². The van der Waals surface area contributed by atoms with E-state index in [9.17, 15) is 14.4 Å². The highest BCUT2D eigenvalue weighted by Crippen LogP contribution is 2.39. The number of fused-ring (bicyclic) bond motifs is 1. The number of amides is 3. The second-order valence-electron chi connectivity index (χ2n) is 8.20. The fraction of sp³-hybridized carbons (Fsp3) is 0.545. The van der Waals surface area contributed by atoms with E-state index in [0.717, 1.165) is 36.9 Å². The maximum atomic E-state index is 13.2. The first kappa shape index (κ1) is 22.5. The zero-order valence-corrected chi connectivity index (χ0v) is 20.4. The number of imide groups is 1. The minimum absolute atomic E-state index is 0.167. The number of thioether (sulfide) groups is 1. The molecule has 2 aromatic heterocycles. The Morgan fingerprint density at radius 1 is 1.26 bits per heavy atom. The summed E-state index contributed by atoms with van der Waals surface area (Å²) in [6.45, 7) is 4.13. The molecule has 1 aliphatic carbocycles. The third-order valence-electron chi connectivity index (χ3n) is 6.14. The summed E-state index contributed by atoms with van der Waals surface area (Å²) >= 11 is 4.69. The second kappa shape index (κ2) is 9.42. The molecular weight excluding hydrogens is 450 g/mol. The van der Waals surface area contributed by atoms with E-state index in [1.807, 2.05) is 11.6 Å². The van der Waals surface area contributed by atoms with Gasteiger partial charge in [0.05, 0.1) is 17.5 Å². The molecule has 1 saturated carbocycles. The van der Waals surface area contributed by atoms with Gasteiger partial charge in [-0.15, -0.1) is 22.7 Å². The van der Waals surface area contributed by atoms with Crippen LogP contribution in [0.15, 0.2) is 11.4 Å². The van der Waals surface area contributed by atoms with Crippen LogP contribution >= 0.6 is 34.4 Å². The molecule has 2 aromatic rings. The predicted octanol–water partition coefficient (Wildman–Crippen LogP) is 4.72. The highest BCUT2D eigenvalue weighted by atomic mass is 32.2. The largest absolute Gasteiger partial charge is 0.300 e. The van der Waals surface area contributed by atoms with Crippen molar-refractivity contribution < 1.29 is 14.4 Å². The molecule has 3 amide bonds. The van der Waals surface area contributed by atoms with Crippen molar-refractivity contribution >= 4 is 57.3 Å². The molecule has 31 heavy (non-hydrogen) atoms. The first-order valence-electron chi connectivity index (χ1n) is 10.6.